The molecule has 0 aliphatic carbocycles. The molecule has 19 heavy (non-hydrogen) atoms. The SMILES string of the molecule is O=[N+]([O-])c1cc(F)ccc1OCCN1CCNCC1. The van der Waals surface area contributed by atoms with E-state index >= 15 is 0 Å². The Hall–Kier alpha value is -1.73. The van der Waals surface area contributed by atoms with Gasteiger partial charge in [-0.05, 0) is 12.1 Å². The summed E-state index contributed by atoms with van der Waals surface area (Å²) >= 11 is 0. The van der Waals surface area contributed by atoms with Gasteiger partial charge in [0.15, 0.2) is 5.75 Å². The maximum absolute atomic E-state index is 12.9. The van der Waals surface area contributed by atoms with Crippen molar-refractivity contribution in [3.8, 4) is 5.75 Å². The fourth-order valence-electron chi connectivity index (χ4n) is 1.97. The highest BCUT2D eigenvalue weighted by Crippen LogP contribution is 2.27. The molecule has 0 saturated carbocycles. The van der Waals surface area contributed by atoms with Gasteiger partial charge in [-0.1, -0.05) is 0 Å². The first kappa shape index (κ1) is 13.7. The zero-order valence-corrected chi connectivity index (χ0v) is 10.5. The summed E-state index contributed by atoms with van der Waals surface area (Å²) in [6, 6.07) is 3.33. The summed E-state index contributed by atoms with van der Waals surface area (Å²) < 4.78 is 18.3. The van der Waals surface area contributed by atoms with Crippen molar-refractivity contribution >= 4 is 5.69 Å². The van der Waals surface area contributed by atoms with Crippen LogP contribution in [0, 0.1) is 15.9 Å². The van der Waals surface area contributed by atoms with Crippen LogP contribution in [0.4, 0.5) is 10.1 Å². The maximum Gasteiger partial charge on any atom is 0.313 e. The minimum atomic E-state index is -0.638. The Kier molecular flexibility index (Phi) is 4.64. The molecular formula is C12H16FN3O3. The molecule has 0 bridgehead atoms. The summed E-state index contributed by atoms with van der Waals surface area (Å²) in [6.07, 6.45) is 0. The lowest BCUT2D eigenvalue weighted by Gasteiger charge is -2.26. The van der Waals surface area contributed by atoms with Crippen LogP contribution in [-0.2, 0) is 0 Å². The topological polar surface area (TPSA) is 67.6 Å². The van der Waals surface area contributed by atoms with Crippen LogP contribution in [0.2, 0.25) is 0 Å². The van der Waals surface area contributed by atoms with Gasteiger partial charge in [-0.25, -0.2) is 4.39 Å². The van der Waals surface area contributed by atoms with Gasteiger partial charge in [-0.2, -0.15) is 0 Å². The first-order valence-electron chi connectivity index (χ1n) is 6.16. The Morgan fingerprint density at radius 2 is 2.16 bits per heavy atom. The molecule has 1 aromatic rings. The van der Waals surface area contributed by atoms with Crippen molar-refractivity contribution in [3.05, 3.63) is 34.1 Å². The van der Waals surface area contributed by atoms with Crippen molar-refractivity contribution in [2.24, 2.45) is 0 Å². The number of piperazine rings is 1. The van der Waals surface area contributed by atoms with Crippen molar-refractivity contribution in [3.63, 3.8) is 0 Å². The molecule has 1 aliphatic heterocycles. The molecule has 7 heteroatoms. The van der Waals surface area contributed by atoms with Crippen LogP contribution in [0.15, 0.2) is 18.2 Å². The third kappa shape index (κ3) is 3.87. The minimum absolute atomic E-state index is 0.113. The largest absolute Gasteiger partial charge is 0.485 e. The van der Waals surface area contributed by atoms with Crippen LogP contribution in [-0.4, -0.2) is 49.2 Å². The van der Waals surface area contributed by atoms with Gasteiger partial charge >= 0.3 is 5.69 Å². The monoisotopic (exact) mass is 269 g/mol. The number of hydrogen-bond acceptors (Lipinski definition) is 5. The zero-order chi connectivity index (χ0) is 13.7. The van der Waals surface area contributed by atoms with Gasteiger partial charge in [0.1, 0.15) is 12.4 Å². The van der Waals surface area contributed by atoms with Crippen molar-refractivity contribution in [2.45, 2.75) is 0 Å². The Balaban J connectivity index is 1.89. The second kappa shape index (κ2) is 6.44. The summed E-state index contributed by atoms with van der Waals surface area (Å²) in [7, 11) is 0. The highest BCUT2D eigenvalue weighted by atomic mass is 19.1. The van der Waals surface area contributed by atoms with Gasteiger partial charge in [-0.15, -0.1) is 0 Å². The number of nitrogens with zero attached hydrogens (tertiary/aromatic N) is 2. The quantitative estimate of drug-likeness (QED) is 0.638. The second-order valence-electron chi connectivity index (χ2n) is 4.31. The number of nitro groups is 1. The molecule has 1 aromatic carbocycles. The molecule has 1 saturated heterocycles. The first-order valence-corrected chi connectivity index (χ1v) is 6.16. The van der Waals surface area contributed by atoms with Crippen LogP contribution in [0.1, 0.15) is 0 Å². The molecule has 6 nitrogen and oxygen atoms in total. The fraction of sp³-hybridized carbons (Fsp3) is 0.500. The number of nitrogens with one attached hydrogen (secondary N) is 1. The van der Waals surface area contributed by atoms with Gasteiger partial charge in [0.05, 0.1) is 11.0 Å². The van der Waals surface area contributed by atoms with E-state index in [2.05, 4.69) is 10.2 Å². The van der Waals surface area contributed by atoms with Crippen molar-refractivity contribution < 1.29 is 14.1 Å². The predicted octanol–water partition coefficient (Wildman–Crippen LogP) is 1.02. The summed E-state index contributed by atoms with van der Waals surface area (Å²) in [5.41, 5.74) is -0.333. The van der Waals surface area contributed by atoms with Gasteiger partial charge in [-0.3, -0.25) is 15.0 Å². The number of nitro benzene ring substituents is 1. The molecule has 0 aromatic heterocycles. The molecular weight excluding hydrogens is 253 g/mol. The molecule has 1 heterocycles. The van der Waals surface area contributed by atoms with E-state index < -0.39 is 10.7 Å². The lowest BCUT2D eigenvalue weighted by atomic mass is 10.3. The highest BCUT2D eigenvalue weighted by Gasteiger charge is 2.17. The number of hydrogen-bond donors (Lipinski definition) is 1. The Bertz CT molecular complexity index is 450. The van der Waals surface area contributed by atoms with Crippen LogP contribution < -0.4 is 10.1 Å². The number of ether oxygens (including phenoxy) is 1. The van der Waals surface area contributed by atoms with Crippen molar-refractivity contribution in [1.29, 1.82) is 0 Å². The summed E-state index contributed by atoms with van der Waals surface area (Å²) in [5.74, 6) is -0.525. The van der Waals surface area contributed by atoms with E-state index in [1.165, 1.54) is 6.07 Å². The van der Waals surface area contributed by atoms with Gasteiger partial charge in [0, 0.05) is 32.7 Å². The maximum atomic E-state index is 12.9. The molecule has 1 fully saturated rings. The summed E-state index contributed by atoms with van der Waals surface area (Å²) in [6.45, 7) is 4.82. The van der Waals surface area contributed by atoms with Crippen molar-refractivity contribution in [1.82, 2.24) is 10.2 Å². The predicted molar refractivity (Wildman–Crippen MR) is 67.9 cm³/mol. The molecule has 0 unspecified atom stereocenters. The van der Waals surface area contributed by atoms with Crippen molar-refractivity contribution in [2.75, 3.05) is 39.3 Å². The van der Waals surface area contributed by atoms with E-state index in [0.29, 0.717) is 13.2 Å². The van der Waals surface area contributed by atoms with Crippen LogP contribution in [0.25, 0.3) is 0 Å². The summed E-state index contributed by atoms with van der Waals surface area (Å²) in [5, 5.41) is 14.0. The first-order chi connectivity index (χ1) is 9.16. The van der Waals surface area contributed by atoms with E-state index in [9.17, 15) is 14.5 Å². The van der Waals surface area contributed by atoms with E-state index in [0.717, 1.165) is 38.3 Å². The lowest BCUT2D eigenvalue weighted by Crippen LogP contribution is -2.44. The van der Waals surface area contributed by atoms with Gasteiger partial charge in [0.2, 0.25) is 0 Å². The summed E-state index contributed by atoms with van der Waals surface area (Å²) in [4.78, 5) is 12.4. The number of halogens is 1. The standard InChI is InChI=1S/C12H16FN3O3/c13-10-1-2-12(11(9-10)16(17)18)19-8-7-15-5-3-14-4-6-15/h1-2,9,14H,3-8H2. The molecule has 2 rings (SSSR count). The average Bonchev–Trinajstić information content (AvgIpc) is 2.41. The normalized spacial score (nSPS) is 16.3. The molecule has 0 radical (unpaired) electrons. The Morgan fingerprint density at radius 3 is 2.84 bits per heavy atom. The van der Waals surface area contributed by atoms with Crippen LogP contribution in [0.5, 0.6) is 5.75 Å². The molecule has 1 aliphatic rings. The molecule has 0 amide bonds. The van der Waals surface area contributed by atoms with E-state index in [-0.39, 0.29) is 11.4 Å². The number of rotatable bonds is 5. The second-order valence-corrected chi connectivity index (χ2v) is 4.31. The van der Waals surface area contributed by atoms with Gasteiger partial charge in [0.25, 0.3) is 0 Å². The third-order valence-corrected chi connectivity index (χ3v) is 2.99. The Labute approximate surface area is 110 Å². The lowest BCUT2D eigenvalue weighted by molar-refractivity contribution is -0.386. The average molecular weight is 269 g/mol. The van der Waals surface area contributed by atoms with E-state index in [1.54, 1.807) is 0 Å². The number of benzene rings is 1. The molecule has 0 atom stereocenters. The van der Waals surface area contributed by atoms with Crippen LogP contribution in [0.3, 0.4) is 0 Å². The molecule has 0 spiro atoms. The minimum Gasteiger partial charge on any atom is -0.485 e. The third-order valence-electron chi connectivity index (χ3n) is 2.99. The van der Waals surface area contributed by atoms with E-state index in [4.69, 9.17) is 4.74 Å². The zero-order valence-electron chi connectivity index (χ0n) is 10.5. The smallest absolute Gasteiger partial charge is 0.313 e. The molecule has 104 valence electrons. The van der Waals surface area contributed by atoms with E-state index in [1.807, 2.05) is 0 Å². The highest BCUT2D eigenvalue weighted by molar-refractivity contribution is 5.46. The van der Waals surface area contributed by atoms with Gasteiger partial charge < -0.3 is 10.1 Å². The molecule has 1 N–H and O–H groups in total. The van der Waals surface area contributed by atoms with Crippen LogP contribution >= 0.6 is 0 Å². The Morgan fingerprint density at radius 1 is 1.42 bits per heavy atom. The fourth-order valence-corrected chi connectivity index (χ4v) is 1.97.